The number of urea groups is 1. The van der Waals surface area contributed by atoms with Crippen LogP contribution in [-0.4, -0.2) is 21.7 Å². The third-order valence-electron chi connectivity index (χ3n) is 3.86. The average Bonchev–Trinajstić information content (AvgIpc) is 3.06. The standard InChI is InChI=1S/C19H16N6O2/c1-22-10-12-3-2-4-14(9-12)13-5-7-15(8-6-13)25-11-16(23-19(21)27)17(24-25)18(20)26/h2-9,11H,10H2,(H2,20,26)(H3,21,23,27). The van der Waals surface area contributed by atoms with Crippen molar-refractivity contribution in [1.29, 1.82) is 0 Å². The number of benzene rings is 2. The Balaban J connectivity index is 1.92. The van der Waals surface area contributed by atoms with Crippen LogP contribution in [0.2, 0.25) is 0 Å². The molecule has 8 nitrogen and oxygen atoms in total. The Hall–Kier alpha value is -4.12. The fourth-order valence-electron chi connectivity index (χ4n) is 2.66. The molecule has 3 rings (SSSR count). The molecule has 0 unspecified atom stereocenters. The van der Waals surface area contributed by atoms with E-state index in [4.69, 9.17) is 18.0 Å². The van der Waals surface area contributed by atoms with Gasteiger partial charge >= 0.3 is 6.03 Å². The summed E-state index contributed by atoms with van der Waals surface area (Å²) in [6, 6.07) is 14.4. The highest BCUT2D eigenvalue weighted by Gasteiger charge is 2.16. The maximum absolute atomic E-state index is 11.5. The molecule has 1 aromatic heterocycles. The van der Waals surface area contributed by atoms with Crippen LogP contribution in [0.3, 0.4) is 0 Å². The minimum Gasteiger partial charge on any atom is -0.364 e. The SMILES string of the molecule is [C-]#[N+]Cc1cccc(-c2ccc(-n3cc(NC(N)=O)c(C(N)=O)n3)cc2)c1. The largest absolute Gasteiger partial charge is 0.364 e. The molecule has 0 aliphatic carbocycles. The molecular formula is C19H16N6O2. The van der Waals surface area contributed by atoms with E-state index in [9.17, 15) is 9.59 Å². The van der Waals surface area contributed by atoms with E-state index in [0.29, 0.717) is 12.2 Å². The Morgan fingerprint density at radius 2 is 1.85 bits per heavy atom. The van der Waals surface area contributed by atoms with E-state index in [-0.39, 0.29) is 11.4 Å². The highest BCUT2D eigenvalue weighted by Crippen LogP contribution is 2.23. The minimum absolute atomic E-state index is 0.0790. The zero-order valence-corrected chi connectivity index (χ0v) is 14.2. The summed E-state index contributed by atoms with van der Waals surface area (Å²) in [6.45, 7) is 7.32. The predicted octanol–water partition coefficient (Wildman–Crippen LogP) is 2.55. The summed E-state index contributed by atoms with van der Waals surface area (Å²) >= 11 is 0. The molecule has 5 N–H and O–H groups in total. The second-order valence-electron chi connectivity index (χ2n) is 5.75. The normalized spacial score (nSPS) is 10.2. The van der Waals surface area contributed by atoms with Crippen molar-refractivity contribution in [2.75, 3.05) is 5.32 Å². The zero-order chi connectivity index (χ0) is 19.4. The van der Waals surface area contributed by atoms with Crippen LogP contribution in [0, 0.1) is 6.57 Å². The Kier molecular flexibility index (Phi) is 4.86. The van der Waals surface area contributed by atoms with Crippen LogP contribution >= 0.6 is 0 Å². The maximum Gasteiger partial charge on any atom is 0.316 e. The van der Waals surface area contributed by atoms with Gasteiger partial charge in [-0.1, -0.05) is 30.3 Å². The summed E-state index contributed by atoms with van der Waals surface area (Å²) in [7, 11) is 0. The lowest BCUT2D eigenvalue weighted by Crippen LogP contribution is -2.22. The molecule has 2 aromatic carbocycles. The summed E-state index contributed by atoms with van der Waals surface area (Å²) in [5.74, 6) is -0.772. The molecule has 0 atom stereocenters. The topological polar surface area (TPSA) is 120 Å². The van der Waals surface area contributed by atoms with Gasteiger partial charge in [0.15, 0.2) is 5.69 Å². The van der Waals surface area contributed by atoms with Gasteiger partial charge in [-0.3, -0.25) is 4.79 Å². The first kappa shape index (κ1) is 17.7. The van der Waals surface area contributed by atoms with Crippen LogP contribution in [0.4, 0.5) is 10.5 Å². The Morgan fingerprint density at radius 3 is 2.48 bits per heavy atom. The van der Waals surface area contributed by atoms with E-state index in [1.165, 1.54) is 10.9 Å². The lowest BCUT2D eigenvalue weighted by Gasteiger charge is -2.05. The maximum atomic E-state index is 11.5. The fourth-order valence-corrected chi connectivity index (χ4v) is 2.66. The van der Waals surface area contributed by atoms with Gasteiger partial charge in [0.05, 0.1) is 17.6 Å². The molecule has 1 heterocycles. The molecule has 0 saturated carbocycles. The zero-order valence-electron chi connectivity index (χ0n) is 14.2. The Bertz CT molecular complexity index is 1050. The van der Waals surface area contributed by atoms with Crippen molar-refractivity contribution in [3.05, 3.63) is 77.4 Å². The second kappa shape index (κ2) is 7.41. The monoisotopic (exact) mass is 360 g/mol. The third-order valence-corrected chi connectivity index (χ3v) is 3.86. The molecule has 3 aromatic rings. The number of amides is 3. The molecule has 0 aliphatic rings. The lowest BCUT2D eigenvalue weighted by atomic mass is 10.0. The molecule has 134 valence electrons. The van der Waals surface area contributed by atoms with Crippen molar-refractivity contribution in [2.24, 2.45) is 11.5 Å². The third kappa shape index (κ3) is 3.93. The number of hydrogen-bond donors (Lipinski definition) is 3. The molecule has 0 radical (unpaired) electrons. The first-order chi connectivity index (χ1) is 13.0. The van der Waals surface area contributed by atoms with Crippen molar-refractivity contribution in [3.63, 3.8) is 0 Å². The molecule has 0 saturated heterocycles. The first-order valence-electron chi connectivity index (χ1n) is 7.97. The van der Waals surface area contributed by atoms with E-state index in [0.717, 1.165) is 16.7 Å². The highest BCUT2D eigenvalue weighted by molar-refractivity contribution is 6.00. The van der Waals surface area contributed by atoms with Crippen molar-refractivity contribution >= 4 is 17.6 Å². The molecule has 0 aliphatic heterocycles. The van der Waals surface area contributed by atoms with Crippen molar-refractivity contribution in [3.8, 4) is 16.8 Å². The number of anilines is 1. The lowest BCUT2D eigenvalue weighted by molar-refractivity contribution is 0.0996. The van der Waals surface area contributed by atoms with Crippen LogP contribution in [0.5, 0.6) is 0 Å². The number of nitrogens with zero attached hydrogens (tertiary/aromatic N) is 3. The molecule has 27 heavy (non-hydrogen) atoms. The van der Waals surface area contributed by atoms with E-state index < -0.39 is 11.9 Å². The van der Waals surface area contributed by atoms with Gasteiger partial charge in [0.25, 0.3) is 5.91 Å². The summed E-state index contributed by atoms with van der Waals surface area (Å²) in [5, 5.41) is 6.44. The molecule has 0 bridgehead atoms. The summed E-state index contributed by atoms with van der Waals surface area (Å²) in [4.78, 5) is 26.0. The van der Waals surface area contributed by atoms with Gasteiger partial charge in [0, 0.05) is 5.56 Å². The summed E-state index contributed by atoms with van der Waals surface area (Å²) < 4.78 is 1.44. The number of aromatic nitrogens is 2. The number of carbonyl (C=O) groups is 2. The molecule has 8 heteroatoms. The van der Waals surface area contributed by atoms with E-state index in [2.05, 4.69) is 15.3 Å². The molecular weight excluding hydrogens is 344 g/mol. The molecule has 0 spiro atoms. The van der Waals surface area contributed by atoms with E-state index in [1.807, 2.05) is 48.5 Å². The van der Waals surface area contributed by atoms with E-state index >= 15 is 0 Å². The Labute approximate surface area is 155 Å². The quantitative estimate of drug-likeness (QED) is 0.606. The van der Waals surface area contributed by atoms with Gasteiger partial charge in [0.2, 0.25) is 6.54 Å². The highest BCUT2D eigenvalue weighted by atomic mass is 16.2. The number of hydrogen-bond acceptors (Lipinski definition) is 3. The number of rotatable bonds is 5. The van der Waals surface area contributed by atoms with Crippen LogP contribution in [0.1, 0.15) is 16.1 Å². The predicted molar refractivity (Wildman–Crippen MR) is 101 cm³/mol. The molecule has 0 fully saturated rings. The first-order valence-corrected chi connectivity index (χ1v) is 7.97. The number of primary amides is 2. The number of nitrogens with one attached hydrogen (secondary N) is 1. The summed E-state index contributed by atoms with van der Waals surface area (Å²) in [6.07, 6.45) is 1.47. The number of nitrogens with two attached hydrogens (primary N) is 2. The van der Waals surface area contributed by atoms with Gasteiger partial charge in [-0.05, 0) is 29.3 Å². The van der Waals surface area contributed by atoms with Gasteiger partial charge in [-0.25, -0.2) is 16.0 Å². The van der Waals surface area contributed by atoms with Gasteiger partial charge in [-0.15, -0.1) is 0 Å². The Morgan fingerprint density at radius 1 is 1.11 bits per heavy atom. The average molecular weight is 360 g/mol. The summed E-state index contributed by atoms with van der Waals surface area (Å²) in [5.41, 5.74) is 14.1. The van der Waals surface area contributed by atoms with Gasteiger partial charge in [0.1, 0.15) is 0 Å². The number of carbonyl (C=O) groups excluding carboxylic acids is 2. The van der Waals surface area contributed by atoms with Crippen LogP contribution in [0.15, 0.2) is 54.7 Å². The smallest absolute Gasteiger partial charge is 0.316 e. The van der Waals surface area contributed by atoms with Crippen molar-refractivity contribution in [2.45, 2.75) is 6.54 Å². The van der Waals surface area contributed by atoms with Crippen molar-refractivity contribution in [1.82, 2.24) is 9.78 Å². The fraction of sp³-hybridized carbons (Fsp3) is 0.0526. The van der Waals surface area contributed by atoms with Gasteiger partial charge in [-0.2, -0.15) is 5.10 Å². The molecule has 3 amide bonds. The van der Waals surface area contributed by atoms with Crippen LogP contribution in [0.25, 0.3) is 21.7 Å². The van der Waals surface area contributed by atoms with Gasteiger partial charge < -0.3 is 21.6 Å². The van der Waals surface area contributed by atoms with Crippen molar-refractivity contribution < 1.29 is 9.59 Å². The van der Waals surface area contributed by atoms with E-state index in [1.54, 1.807) is 0 Å². The van der Waals surface area contributed by atoms with Crippen LogP contribution < -0.4 is 16.8 Å². The second-order valence-corrected chi connectivity index (χ2v) is 5.75. The minimum atomic E-state index is -0.813. The van der Waals surface area contributed by atoms with Crippen LogP contribution in [-0.2, 0) is 6.54 Å².